The van der Waals surface area contributed by atoms with Crippen LogP contribution in [-0.2, 0) is 23.8 Å². The molecule has 0 spiro atoms. The Morgan fingerprint density at radius 2 is 1.91 bits per heavy atom. The van der Waals surface area contributed by atoms with Gasteiger partial charge in [-0.15, -0.1) is 0 Å². The molecule has 1 aromatic carbocycles. The van der Waals surface area contributed by atoms with Crippen LogP contribution in [0.4, 0.5) is 11.8 Å². The highest BCUT2D eigenvalue weighted by Crippen LogP contribution is 2.39. The van der Waals surface area contributed by atoms with E-state index in [1.165, 1.54) is 11.8 Å². The summed E-state index contributed by atoms with van der Waals surface area (Å²) in [5.74, 6) is 1.97. The predicted octanol–water partition coefficient (Wildman–Crippen LogP) is 5.83. The monoisotopic (exact) mass is 588 g/mol. The molecule has 0 radical (unpaired) electrons. The van der Waals surface area contributed by atoms with Crippen LogP contribution in [0.5, 0.6) is 11.5 Å². The lowest BCUT2D eigenvalue weighted by molar-refractivity contribution is -0.0394. The Balaban J connectivity index is 1.13. The highest BCUT2D eigenvalue weighted by molar-refractivity contribution is 5.84. The Hall–Kier alpha value is -5.28. The van der Waals surface area contributed by atoms with Gasteiger partial charge in [0.25, 0.3) is 0 Å². The van der Waals surface area contributed by atoms with Crippen LogP contribution in [0.2, 0.25) is 0 Å². The summed E-state index contributed by atoms with van der Waals surface area (Å²) in [6.45, 7) is 7.18. The molecule has 1 fully saturated rings. The predicted molar refractivity (Wildman–Crippen MR) is 164 cm³/mol. The first-order valence-electron chi connectivity index (χ1n) is 14.5. The smallest absolute Gasteiger partial charge is 0.210 e. The van der Waals surface area contributed by atoms with Gasteiger partial charge in [0.1, 0.15) is 22.7 Å². The third-order valence-corrected chi connectivity index (χ3v) is 7.97. The van der Waals surface area contributed by atoms with Gasteiger partial charge in [-0.25, -0.2) is 9.50 Å². The molecule has 0 aliphatic heterocycles. The zero-order chi connectivity index (χ0) is 30.4. The molecule has 0 amide bonds. The Morgan fingerprint density at radius 3 is 2.68 bits per heavy atom. The molecule has 1 saturated carbocycles. The number of pyridine rings is 1. The molecule has 222 valence electrons. The van der Waals surface area contributed by atoms with Gasteiger partial charge in [0.05, 0.1) is 37.3 Å². The van der Waals surface area contributed by atoms with Crippen molar-refractivity contribution in [3.63, 3.8) is 0 Å². The van der Waals surface area contributed by atoms with E-state index in [0.717, 1.165) is 18.5 Å². The minimum atomic E-state index is -0.120. The van der Waals surface area contributed by atoms with Crippen LogP contribution in [0.3, 0.4) is 0 Å². The molecule has 44 heavy (non-hydrogen) atoms. The minimum Gasteiger partial charge on any atom is -0.450 e. The molecule has 5 heterocycles. The van der Waals surface area contributed by atoms with Gasteiger partial charge in [-0.1, -0.05) is 51.1 Å². The summed E-state index contributed by atoms with van der Waals surface area (Å²) >= 11 is 0. The van der Waals surface area contributed by atoms with Crippen molar-refractivity contribution in [3.8, 4) is 17.6 Å². The maximum absolute atomic E-state index is 10.2. The first kappa shape index (κ1) is 27.5. The van der Waals surface area contributed by atoms with Crippen LogP contribution >= 0.6 is 0 Å². The average Bonchev–Trinajstić information content (AvgIpc) is 3.69. The SMILES string of the molecule is Cn1c(Nc2cc(C(C)(C)C)n([C@H]3C[C@H](OCc4ccccc4)C3)n2)nc2ncc(Oc3cnn4ccncc34)c(C#N)c21. The number of hydrogen-bond donors (Lipinski definition) is 1. The summed E-state index contributed by atoms with van der Waals surface area (Å²) in [6, 6.07) is 14.9. The van der Waals surface area contributed by atoms with E-state index >= 15 is 0 Å². The lowest BCUT2D eigenvalue weighted by Crippen LogP contribution is -2.36. The first-order chi connectivity index (χ1) is 21.3. The molecule has 0 bridgehead atoms. The van der Waals surface area contributed by atoms with E-state index in [9.17, 15) is 5.26 Å². The Morgan fingerprint density at radius 1 is 1.09 bits per heavy atom. The number of benzene rings is 1. The molecule has 1 aliphatic carbocycles. The second-order valence-electron chi connectivity index (χ2n) is 12.1. The Kier molecular flexibility index (Phi) is 6.74. The second kappa shape index (κ2) is 10.8. The quantitative estimate of drug-likeness (QED) is 0.233. The molecule has 1 aliphatic rings. The summed E-state index contributed by atoms with van der Waals surface area (Å²) in [5.41, 5.74) is 4.15. The van der Waals surface area contributed by atoms with Crippen LogP contribution < -0.4 is 10.1 Å². The number of rotatable bonds is 8. The fraction of sp³-hybridized carbons (Fsp3) is 0.312. The van der Waals surface area contributed by atoms with Crippen molar-refractivity contribution in [2.45, 2.75) is 57.8 Å². The van der Waals surface area contributed by atoms with Crippen molar-refractivity contribution < 1.29 is 9.47 Å². The number of nitrogens with one attached hydrogen (secondary N) is 1. The molecule has 6 aromatic rings. The van der Waals surface area contributed by atoms with E-state index in [1.54, 1.807) is 33.9 Å². The van der Waals surface area contributed by atoms with Gasteiger partial charge in [-0.3, -0.25) is 9.67 Å². The molecule has 1 N–H and O–H groups in total. The van der Waals surface area contributed by atoms with Gasteiger partial charge in [-0.2, -0.15) is 20.4 Å². The summed E-state index contributed by atoms with van der Waals surface area (Å²) in [7, 11) is 1.84. The van der Waals surface area contributed by atoms with Crippen LogP contribution in [0.15, 0.2) is 67.4 Å². The zero-order valence-electron chi connectivity index (χ0n) is 25.0. The number of nitriles is 1. The Labute approximate surface area is 253 Å². The topological polar surface area (TPSA) is 133 Å². The molecular formula is C32H32N10O2. The van der Waals surface area contributed by atoms with Crippen molar-refractivity contribution in [2.75, 3.05) is 5.32 Å². The molecule has 12 heteroatoms. The second-order valence-corrected chi connectivity index (χ2v) is 12.1. The van der Waals surface area contributed by atoms with Gasteiger partial charge in [0.2, 0.25) is 5.95 Å². The number of anilines is 2. The van der Waals surface area contributed by atoms with Crippen LogP contribution in [0.25, 0.3) is 16.7 Å². The number of aryl methyl sites for hydroxylation is 1. The maximum Gasteiger partial charge on any atom is 0.210 e. The van der Waals surface area contributed by atoms with Crippen molar-refractivity contribution in [1.82, 2.24) is 38.9 Å². The molecule has 7 rings (SSSR count). The van der Waals surface area contributed by atoms with Gasteiger partial charge in [0.15, 0.2) is 23.0 Å². The van der Waals surface area contributed by atoms with Gasteiger partial charge in [-0.05, 0) is 18.4 Å². The fourth-order valence-corrected chi connectivity index (χ4v) is 5.53. The highest BCUT2D eigenvalue weighted by Gasteiger charge is 2.35. The standard InChI is InChI=1S/C32H32N10O2/c1-32(2,3)27-14-28(39-42(27)21-12-22(13-21)43-19-20-8-6-5-7-9-20)37-31-38-30-29(40(31)4)23(15-33)25(17-35-30)44-26-18-36-41-11-10-34-16-24(26)41/h5-11,14,16-18,21-22H,12-13,19H2,1-4H3,(H,35,37,38,39)/t21-,22-. The first-order valence-corrected chi connectivity index (χ1v) is 14.5. The minimum absolute atomic E-state index is 0.120. The van der Waals surface area contributed by atoms with E-state index in [-0.39, 0.29) is 17.6 Å². The largest absolute Gasteiger partial charge is 0.450 e. The van der Waals surface area contributed by atoms with E-state index in [1.807, 2.05) is 25.2 Å². The van der Waals surface area contributed by atoms with Crippen molar-refractivity contribution >= 4 is 28.4 Å². The molecule has 0 atom stereocenters. The number of aromatic nitrogens is 8. The van der Waals surface area contributed by atoms with Crippen molar-refractivity contribution in [3.05, 3.63) is 84.2 Å². The maximum atomic E-state index is 10.2. The summed E-state index contributed by atoms with van der Waals surface area (Å²) in [5, 5.41) is 22.8. The molecule has 0 saturated heterocycles. The fourth-order valence-electron chi connectivity index (χ4n) is 5.53. The van der Waals surface area contributed by atoms with E-state index < -0.39 is 0 Å². The lowest BCUT2D eigenvalue weighted by Gasteiger charge is -2.37. The van der Waals surface area contributed by atoms with E-state index in [4.69, 9.17) is 14.6 Å². The zero-order valence-corrected chi connectivity index (χ0v) is 25.0. The van der Waals surface area contributed by atoms with Gasteiger partial charge < -0.3 is 19.4 Å². The molecule has 5 aromatic heterocycles. The number of hydrogen-bond acceptors (Lipinski definition) is 9. The molecule has 0 unspecified atom stereocenters. The number of fused-ring (bicyclic) bond motifs is 2. The molecular weight excluding hydrogens is 556 g/mol. The third kappa shape index (κ3) is 5.01. The number of ether oxygens (including phenoxy) is 2. The lowest BCUT2D eigenvalue weighted by atomic mass is 9.86. The Bertz CT molecular complexity index is 2010. The van der Waals surface area contributed by atoms with E-state index in [2.05, 4.69) is 75.1 Å². The summed E-state index contributed by atoms with van der Waals surface area (Å²) < 4.78 is 17.8. The van der Waals surface area contributed by atoms with Gasteiger partial charge in [0, 0.05) is 36.6 Å². The molecule has 12 nitrogen and oxygen atoms in total. The summed E-state index contributed by atoms with van der Waals surface area (Å²) in [4.78, 5) is 13.3. The average molecular weight is 589 g/mol. The number of imidazole rings is 1. The highest BCUT2D eigenvalue weighted by atomic mass is 16.5. The summed E-state index contributed by atoms with van der Waals surface area (Å²) in [6.07, 6.45) is 10.1. The third-order valence-electron chi connectivity index (χ3n) is 7.97. The van der Waals surface area contributed by atoms with Crippen LogP contribution in [0, 0.1) is 11.3 Å². The number of nitrogens with zero attached hydrogens (tertiary/aromatic N) is 9. The van der Waals surface area contributed by atoms with Gasteiger partial charge >= 0.3 is 0 Å². The van der Waals surface area contributed by atoms with Crippen molar-refractivity contribution in [1.29, 1.82) is 5.26 Å². The van der Waals surface area contributed by atoms with Crippen molar-refractivity contribution in [2.24, 2.45) is 7.05 Å². The van der Waals surface area contributed by atoms with Crippen LogP contribution in [0.1, 0.15) is 56.5 Å². The normalized spacial score (nSPS) is 16.6. The van der Waals surface area contributed by atoms with Crippen LogP contribution in [-0.4, -0.2) is 45.0 Å². The van der Waals surface area contributed by atoms with E-state index in [0.29, 0.717) is 52.1 Å².